The zero-order valence-electron chi connectivity index (χ0n) is 12.6. The fourth-order valence-electron chi connectivity index (χ4n) is 1.94. The first-order valence-corrected chi connectivity index (χ1v) is 8.06. The highest BCUT2D eigenvalue weighted by Gasteiger charge is 2.15. The first-order valence-electron chi connectivity index (χ1n) is 6.51. The van der Waals surface area contributed by atoms with E-state index in [9.17, 15) is 13.2 Å². The number of methoxy groups -OCH3 is 2. The number of sulfonamides is 1. The van der Waals surface area contributed by atoms with Gasteiger partial charge in [0.15, 0.2) is 0 Å². The van der Waals surface area contributed by atoms with E-state index < -0.39 is 15.9 Å². The summed E-state index contributed by atoms with van der Waals surface area (Å²) in [5.41, 5.74) is 0.591. The lowest BCUT2D eigenvalue weighted by Gasteiger charge is -2.11. The normalized spacial score (nSPS) is 10.9. The molecule has 0 aliphatic heterocycles. The summed E-state index contributed by atoms with van der Waals surface area (Å²) < 4.78 is 32.9. The van der Waals surface area contributed by atoms with Crippen LogP contribution in [0.3, 0.4) is 0 Å². The van der Waals surface area contributed by atoms with E-state index in [0.29, 0.717) is 17.2 Å². The molecular weight excluding hydrogens is 320 g/mol. The molecular formula is C15H16N2O5S. The Hall–Kier alpha value is -2.58. The van der Waals surface area contributed by atoms with Crippen molar-refractivity contribution in [3.8, 4) is 11.5 Å². The molecule has 7 nitrogen and oxygen atoms in total. The number of primary sulfonamides is 1. The maximum Gasteiger partial charge on any atom is 0.259 e. The van der Waals surface area contributed by atoms with Crippen molar-refractivity contribution in [3.63, 3.8) is 0 Å². The topological polar surface area (TPSA) is 108 Å². The summed E-state index contributed by atoms with van der Waals surface area (Å²) in [4.78, 5) is 12.3. The lowest BCUT2D eigenvalue weighted by Crippen LogP contribution is -2.15. The zero-order valence-corrected chi connectivity index (χ0v) is 13.4. The lowest BCUT2D eigenvalue weighted by molar-refractivity contribution is 0.102. The number of nitrogens with two attached hydrogens (primary N) is 1. The van der Waals surface area contributed by atoms with Crippen LogP contribution in [0.25, 0.3) is 0 Å². The van der Waals surface area contributed by atoms with Crippen LogP contribution in [0.4, 0.5) is 5.69 Å². The summed E-state index contributed by atoms with van der Waals surface area (Å²) in [6, 6.07) is 10.4. The second kappa shape index (κ2) is 6.67. The van der Waals surface area contributed by atoms with E-state index in [2.05, 4.69) is 5.32 Å². The van der Waals surface area contributed by atoms with Gasteiger partial charge in [-0.15, -0.1) is 0 Å². The third kappa shape index (κ3) is 3.99. The van der Waals surface area contributed by atoms with Gasteiger partial charge in [-0.3, -0.25) is 4.79 Å². The van der Waals surface area contributed by atoms with E-state index in [0.717, 1.165) is 0 Å². The van der Waals surface area contributed by atoms with Crippen LogP contribution in [0.2, 0.25) is 0 Å². The number of carbonyl (C=O) groups is 1. The van der Waals surface area contributed by atoms with Crippen LogP contribution in [0.15, 0.2) is 47.4 Å². The maximum absolute atomic E-state index is 12.3. The van der Waals surface area contributed by atoms with Gasteiger partial charge in [-0.1, -0.05) is 6.07 Å². The highest BCUT2D eigenvalue weighted by molar-refractivity contribution is 7.89. The van der Waals surface area contributed by atoms with Gasteiger partial charge in [0, 0.05) is 11.8 Å². The van der Waals surface area contributed by atoms with Crippen LogP contribution in [-0.2, 0) is 10.0 Å². The van der Waals surface area contributed by atoms with Crippen molar-refractivity contribution in [1.29, 1.82) is 0 Å². The predicted octanol–water partition coefficient (Wildman–Crippen LogP) is 1.60. The van der Waals surface area contributed by atoms with Gasteiger partial charge in [-0.2, -0.15) is 0 Å². The van der Waals surface area contributed by atoms with Crippen LogP contribution >= 0.6 is 0 Å². The number of hydrogen-bond donors (Lipinski definition) is 2. The Kier molecular flexibility index (Phi) is 4.87. The van der Waals surface area contributed by atoms with Gasteiger partial charge in [0.25, 0.3) is 5.91 Å². The molecule has 0 heterocycles. The predicted molar refractivity (Wildman–Crippen MR) is 85.3 cm³/mol. The summed E-state index contributed by atoms with van der Waals surface area (Å²) in [7, 11) is -0.895. The lowest BCUT2D eigenvalue weighted by atomic mass is 10.1. The minimum Gasteiger partial charge on any atom is -0.497 e. The molecule has 0 aliphatic carbocycles. The number of rotatable bonds is 5. The van der Waals surface area contributed by atoms with Gasteiger partial charge in [-0.25, -0.2) is 13.6 Å². The second-order valence-electron chi connectivity index (χ2n) is 4.59. The molecule has 0 bridgehead atoms. The summed E-state index contributed by atoms with van der Waals surface area (Å²) in [5, 5.41) is 7.67. The molecule has 8 heteroatoms. The molecule has 2 aromatic carbocycles. The SMILES string of the molecule is COc1ccc(C(=O)Nc2cccc(S(N)(=O)=O)c2)c(OC)c1. The Morgan fingerprint density at radius 3 is 2.43 bits per heavy atom. The Morgan fingerprint density at radius 2 is 1.83 bits per heavy atom. The van der Waals surface area contributed by atoms with Gasteiger partial charge in [0.2, 0.25) is 10.0 Å². The van der Waals surface area contributed by atoms with Crippen LogP contribution in [-0.4, -0.2) is 28.5 Å². The molecule has 0 radical (unpaired) electrons. The number of benzene rings is 2. The molecule has 0 spiro atoms. The molecule has 0 saturated carbocycles. The molecule has 3 N–H and O–H groups in total. The third-order valence-electron chi connectivity index (χ3n) is 3.07. The monoisotopic (exact) mass is 336 g/mol. The van der Waals surface area contributed by atoms with Gasteiger partial charge in [-0.05, 0) is 30.3 Å². The van der Waals surface area contributed by atoms with Gasteiger partial charge in [0.1, 0.15) is 11.5 Å². The van der Waals surface area contributed by atoms with Crippen molar-refractivity contribution in [2.45, 2.75) is 4.90 Å². The standard InChI is InChI=1S/C15H16N2O5S/c1-21-11-6-7-13(14(9-11)22-2)15(18)17-10-4-3-5-12(8-10)23(16,19)20/h3-9H,1-2H3,(H,17,18)(H2,16,19,20). The van der Waals surface area contributed by atoms with Crippen molar-refractivity contribution in [2.24, 2.45) is 5.14 Å². The van der Waals surface area contributed by atoms with Crippen LogP contribution in [0, 0.1) is 0 Å². The molecule has 0 aromatic heterocycles. The van der Waals surface area contributed by atoms with E-state index in [1.165, 1.54) is 32.4 Å². The summed E-state index contributed by atoms with van der Waals surface area (Å²) in [5.74, 6) is 0.440. The number of amides is 1. The van der Waals surface area contributed by atoms with Crippen molar-refractivity contribution in [3.05, 3.63) is 48.0 Å². The van der Waals surface area contributed by atoms with Crippen molar-refractivity contribution >= 4 is 21.6 Å². The van der Waals surface area contributed by atoms with Gasteiger partial charge >= 0.3 is 0 Å². The quantitative estimate of drug-likeness (QED) is 0.862. The average molecular weight is 336 g/mol. The number of carbonyl (C=O) groups excluding carboxylic acids is 1. The van der Waals surface area contributed by atoms with Crippen LogP contribution in [0.1, 0.15) is 10.4 Å². The summed E-state index contributed by atoms with van der Waals surface area (Å²) in [6.07, 6.45) is 0. The number of ether oxygens (including phenoxy) is 2. The number of anilines is 1. The fraction of sp³-hybridized carbons (Fsp3) is 0.133. The van der Waals surface area contributed by atoms with Crippen LogP contribution in [0.5, 0.6) is 11.5 Å². The van der Waals surface area contributed by atoms with Gasteiger partial charge in [0.05, 0.1) is 24.7 Å². The summed E-state index contributed by atoms with van der Waals surface area (Å²) in [6.45, 7) is 0. The Bertz CT molecular complexity index is 834. The second-order valence-corrected chi connectivity index (χ2v) is 6.15. The molecule has 23 heavy (non-hydrogen) atoms. The molecule has 0 aliphatic rings. The highest BCUT2D eigenvalue weighted by Crippen LogP contribution is 2.25. The molecule has 0 atom stereocenters. The molecule has 0 saturated heterocycles. The van der Waals surface area contributed by atoms with Crippen molar-refractivity contribution in [2.75, 3.05) is 19.5 Å². The van der Waals surface area contributed by atoms with E-state index in [-0.39, 0.29) is 10.5 Å². The molecule has 0 unspecified atom stereocenters. The van der Waals surface area contributed by atoms with E-state index in [1.54, 1.807) is 24.3 Å². The van der Waals surface area contributed by atoms with Crippen molar-refractivity contribution < 1.29 is 22.7 Å². The fourth-order valence-corrected chi connectivity index (χ4v) is 2.49. The Morgan fingerprint density at radius 1 is 1.09 bits per heavy atom. The maximum atomic E-state index is 12.3. The molecule has 0 fully saturated rings. The molecule has 2 rings (SSSR count). The highest BCUT2D eigenvalue weighted by atomic mass is 32.2. The van der Waals surface area contributed by atoms with Crippen molar-refractivity contribution in [1.82, 2.24) is 0 Å². The summed E-state index contributed by atoms with van der Waals surface area (Å²) >= 11 is 0. The molecule has 1 amide bonds. The first kappa shape index (κ1) is 16.8. The molecule has 122 valence electrons. The number of nitrogens with one attached hydrogen (secondary N) is 1. The average Bonchev–Trinajstić information content (AvgIpc) is 2.53. The molecule has 2 aromatic rings. The van der Waals surface area contributed by atoms with Gasteiger partial charge < -0.3 is 14.8 Å². The smallest absolute Gasteiger partial charge is 0.259 e. The largest absolute Gasteiger partial charge is 0.497 e. The van der Waals surface area contributed by atoms with E-state index >= 15 is 0 Å². The van der Waals surface area contributed by atoms with E-state index in [1.807, 2.05) is 0 Å². The third-order valence-corrected chi connectivity index (χ3v) is 3.98. The minimum absolute atomic E-state index is 0.0861. The van der Waals surface area contributed by atoms with E-state index in [4.69, 9.17) is 14.6 Å². The first-order chi connectivity index (χ1) is 10.8. The zero-order chi connectivity index (χ0) is 17.0. The van der Waals surface area contributed by atoms with Crippen LogP contribution < -0.4 is 19.9 Å². The Labute approximate surface area is 134 Å². The number of hydrogen-bond acceptors (Lipinski definition) is 5. The Balaban J connectivity index is 2.29. The minimum atomic E-state index is -3.84.